The summed E-state index contributed by atoms with van der Waals surface area (Å²) in [6.07, 6.45) is 9.91. The molecule has 114 valence electrons. The number of hydrogen-bond donors (Lipinski definition) is 1. The first-order valence-corrected chi connectivity index (χ1v) is 7.66. The lowest BCUT2D eigenvalue weighted by molar-refractivity contribution is -0.124. The van der Waals surface area contributed by atoms with E-state index >= 15 is 0 Å². The van der Waals surface area contributed by atoms with Crippen LogP contribution in [0.15, 0.2) is 36.9 Å². The van der Waals surface area contributed by atoms with Crippen LogP contribution in [0.25, 0.3) is 0 Å². The van der Waals surface area contributed by atoms with E-state index in [1.54, 1.807) is 17.1 Å². The lowest BCUT2D eigenvalue weighted by Crippen LogP contribution is -2.33. The first kappa shape index (κ1) is 15.6. The molecule has 6 heteroatoms. The Bertz CT molecular complexity index is 550. The summed E-state index contributed by atoms with van der Waals surface area (Å²) in [7, 11) is 0. The highest BCUT2D eigenvalue weighted by atomic mass is 35.5. The minimum absolute atomic E-state index is 0.0755. The van der Waals surface area contributed by atoms with Crippen molar-refractivity contribution in [1.29, 1.82) is 0 Å². The highest BCUT2D eigenvalue weighted by Crippen LogP contribution is 2.14. The minimum Gasteiger partial charge on any atom is -0.354 e. The molecule has 2 aromatic rings. The molecule has 0 fully saturated rings. The summed E-state index contributed by atoms with van der Waals surface area (Å²) in [4.78, 5) is 12.3. The van der Waals surface area contributed by atoms with Gasteiger partial charge in [-0.05, 0) is 25.0 Å². The Balaban J connectivity index is 1.77. The van der Waals surface area contributed by atoms with Gasteiger partial charge in [-0.2, -0.15) is 5.10 Å². The van der Waals surface area contributed by atoms with Crippen molar-refractivity contribution in [3.8, 4) is 0 Å². The molecule has 0 aliphatic rings. The zero-order chi connectivity index (χ0) is 15.1. The summed E-state index contributed by atoms with van der Waals surface area (Å²) in [6, 6.07) is 3.76. The second-order valence-corrected chi connectivity index (χ2v) is 5.44. The van der Waals surface area contributed by atoms with Crippen LogP contribution >= 0.6 is 11.6 Å². The van der Waals surface area contributed by atoms with Crippen molar-refractivity contribution < 1.29 is 4.79 Å². The molecule has 21 heavy (non-hydrogen) atoms. The molecule has 0 spiro atoms. The molecule has 1 atom stereocenters. The van der Waals surface area contributed by atoms with Gasteiger partial charge in [0.05, 0.1) is 11.2 Å². The predicted molar refractivity (Wildman–Crippen MR) is 83.2 cm³/mol. The molecule has 5 nitrogen and oxygen atoms in total. The van der Waals surface area contributed by atoms with Crippen LogP contribution in [0, 0.1) is 0 Å². The third-order valence-electron chi connectivity index (χ3n) is 3.32. The van der Waals surface area contributed by atoms with Crippen molar-refractivity contribution in [1.82, 2.24) is 19.7 Å². The highest BCUT2D eigenvalue weighted by molar-refractivity contribution is 6.30. The van der Waals surface area contributed by atoms with E-state index in [4.69, 9.17) is 11.6 Å². The number of halogens is 1. The molecule has 2 rings (SSSR count). The van der Waals surface area contributed by atoms with Crippen LogP contribution in [0.5, 0.6) is 0 Å². The van der Waals surface area contributed by atoms with Gasteiger partial charge in [0.1, 0.15) is 6.04 Å². The average molecular weight is 309 g/mol. The fourth-order valence-corrected chi connectivity index (χ4v) is 2.43. The number of aromatic nitrogens is 3. The summed E-state index contributed by atoms with van der Waals surface area (Å²) < 4.78 is 3.75. The van der Waals surface area contributed by atoms with Crippen LogP contribution in [0.2, 0.25) is 5.02 Å². The van der Waals surface area contributed by atoms with Gasteiger partial charge in [0, 0.05) is 31.7 Å². The number of amides is 1. The van der Waals surface area contributed by atoms with Crippen molar-refractivity contribution in [3.05, 3.63) is 41.9 Å². The zero-order valence-electron chi connectivity index (χ0n) is 12.2. The van der Waals surface area contributed by atoms with Crippen molar-refractivity contribution in [2.45, 2.75) is 38.8 Å². The summed E-state index contributed by atoms with van der Waals surface area (Å²) in [5, 5.41) is 7.74. The lowest BCUT2D eigenvalue weighted by Gasteiger charge is -2.18. The Labute approximate surface area is 129 Å². The number of nitrogens with one attached hydrogen (secondary N) is 1. The van der Waals surface area contributed by atoms with Crippen LogP contribution < -0.4 is 5.32 Å². The number of hydrogen-bond acceptors (Lipinski definition) is 2. The number of aryl methyl sites for hydroxylation is 1. The van der Waals surface area contributed by atoms with Crippen molar-refractivity contribution in [3.63, 3.8) is 0 Å². The van der Waals surface area contributed by atoms with E-state index < -0.39 is 0 Å². The molecule has 0 saturated carbocycles. The Morgan fingerprint density at radius 1 is 1.43 bits per heavy atom. The van der Waals surface area contributed by atoms with Gasteiger partial charge in [-0.3, -0.25) is 9.48 Å². The summed E-state index contributed by atoms with van der Waals surface area (Å²) in [5.74, 6) is 0.0755. The maximum absolute atomic E-state index is 12.3. The Morgan fingerprint density at radius 3 is 2.81 bits per heavy atom. The van der Waals surface area contributed by atoms with Gasteiger partial charge < -0.3 is 9.88 Å². The van der Waals surface area contributed by atoms with Crippen molar-refractivity contribution in [2.75, 3.05) is 6.54 Å². The molecule has 1 unspecified atom stereocenters. The van der Waals surface area contributed by atoms with Gasteiger partial charge in [-0.25, -0.2) is 0 Å². The molecule has 0 saturated heterocycles. The molecule has 0 radical (unpaired) electrons. The Kier molecular flexibility index (Phi) is 5.87. The standard InChI is InChI=1S/C15H21ClN4O/c1-2-6-14(19-8-3-4-9-19)15(21)17-7-5-10-20-12-13(16)11-18-20/h3-4,8-9,11-12,14H,2,5-7,10H2,1H3,(H,17,21). The molecule has 2 aromatic heterocycles. The number of nitrogens with zero attached hydrogens (tertiary/aromatic N) is 3. The van der Waals surface area contributed by atoms with E-state index in [1.165, 1.54) is 0 Å². The monoisotopic (exact) mass is 308 g/mol. The maximum Gasteiger partial charge on any atom is 0.243 e. The smallest absolute Gasteiger partial charge is 0.243 e. The highest BCUT2D eigenvalue weighted by Gasteiger charge is 2.17. The fourth-order valence-electron chi connectivity index (χ4n) is 2.28. The summed E-state index contributed by atoms with van der Waals surface area (Å²) >= 11 is 5.80. The summed E-state index contributed by atoms with van der Waals surface area (Å²) in [5.41, 5.74) is 0. The molecular weight excluding hydrogens is 288 g/mol. The molecular formula is C15H21ClN4O. The average Bonchev–Trinajstić information content (AvgIpc) is 3.12. The molecule has 0 bridgehead atoms. The van der Waals surface area contributed by atoms with E-state index in [1.807, 2.05) is 29.1 Å². The third-order valence-corrected chi connectivity index (χ3v) is 3.51. The largest absolute Gasteiger partial charge is 0.354 e. The number of carbonyl (C=O) groups is 1. The zero-order valence-corrected chi connectivity index (χ0v) is 13.0. The maximum atomic E-state index is 12.3. The van der Waals surface area contributed by atoms with E-state index in [2.05, 4.69) is 17.3 Å². The van der Waals surface area contributed by atoms with Crippen LogP contribution in [-0.4, -0.2) is 26.8 Å². The second-order valence-electron chi connectivity index (χ2n) is 5.00. The van der Waals surface area contributed by atoms with E-state index in [9.17, 15) is 4.79 Å². The topological polar surface area (TPSA) is 51.9 Å². The quantitative estimate of drug-likeness (QED) is 0.762. The van der Waals surface area contributed by atoms with Crippen molar-refractivity contribution in [2.24, 2.45) is 0 Å². The Hall–Kier alpha value is -1.75. The van der Waals surface area contributed by atoms with Gasteiger partial charge in [0.15, 0.2) is 0 Å². The van der Waals surface area contributed by atoms with Gasteiger partial charge in [0.25, 0.3) is 0 Å². The first-order valence-electron chi connectivity index (χ1n) is 7.29. The fraction of sp³-hybridized carbons (Fsp3) is 0.467. The van der Waals surface area contributed by atoms with Crippen LogP contribution in [0.3, 0.4) is 0 Å². The second kappa shape index (κ2) is 7.88. The first-order chi connectivity index (χ1) is 10.2. The summed E-state index contributed by atoms with van der Waals surface area (Å²) in [6.45, 7) is 3.47. The number of rotatable bonds is 8. The number of carbonyl (C=O) groups excluding carboxylic acids is 1. The van der Waals surface area contributed by atoms with E-state index in [0.29, 0.717) is 11.6 Å². The normalized spacial score (nSPS) is 12.3. The predicted octanol–water partition coefficient (Wildman–Crippen LogP) is 2.89. The third kappa shape index (κ3) is 4.63. The van der Waals surface area contributed by atoms with Crippen LogP contribution in [0.1, 0.15) is 32.2 Å². The van der Waals surface area contributed by atoms with Gasteiger partial charge in [-0.15, -0.1) is 0 Å². The lowest BCUT2D eigenvalue weighted by atomic mass is 10.1. The molecule has 0 aliphatic carbocycles. The van der Waals surface area contributed by atoms with E-state index in [-0.39, 0.29) is 11.9 Å². The molecule has 1 N–H and O–H groups in total. The molecule has 0 aliphatic heterocycles. The van der Waals surface area contributed by atoms with E-state index in [0.717, 1.165) is 25.8 Å². The van der Waals surface area contributed by atoms with Gasteiger partial charge in [-0.1, -0.05) is 24.9 Å². The van der Waals surface area contributed by atoms with Gasteiger partial charge >= 0.3 is 0 Å². The van der Waals surface area contributed by atoms with Gasteiger partial charge in [0.2, 0.25) is 5.91 Å². The van der Waals surface area contributed by atoms with Crippen molar-refractivity contribution >= 4 is 17.5 Å². The van der Waals surface area contributed by atoms with Crippen LogP contribution in [0.4, 0.5) is 0 Å². The SMILES string of the molecule is CCCC(C(=O)NCCCn1cc(Cl)cn1)n1cccc1. The minimum atomic E-state index is -0.121. The molecule has 1 amide bonds. The van der Waals surface area contributed by atoms with Crippen LogP contribution in [-0.2, 0) is 11.3 Å². The Morgan fingerprint density at radius 2 is 2.19 bits per heavy atom. The molecule has 0 aromatic carbocycles. The molecule has 2 heterocycles.